The second-order valence-corrected chi connectivity index (χ2v) is 6.96. The van der Waals surface area contributed by atoms with Crippen molar-refractivity contribution in [1.29, 1.82) is 0 Å². The predicted octanol–water partition coefficient (Wildman–Crippen LogP) is 1.87. The maximum atomic E-state index is 3.63. The fraction of sp³-hybridized carbons (Fsp3) is 0.667. The van der Waals surface area contributed by atoms with Crippen LogP contribution in [-0.2, 0) is 13.1 Å². The third-order valence-corrected chi connectivity index (χ3v) is 5.13. The van der Waals surface area contributed by atoms with Gasteiger partial charge in [-0.05, 0) is 50.9 Å². The largest absolute Gasteiger partial charge is 0.312 e. The number of hydrogen-bond acceptors (Lipinski definition) is 4. The van der Waals surface area contributed by atoms with Gasteiger partial charge < -0.3 is 5.32 Å². The molecule has 2 heterocycles. The zero-order valence-electron chi connectivity index (χ0n) is 13.9. The van der Waals surface area contributed by atoms with Gasteiger partial charge in [0.25, 0.3) is 0 Å². The van der Waals surface area contributed by atoms with Crippen molar-refractivity contribution in [2.45, 2.75) is 51.9 Å². The highest BCUT2D eigenvalue weighted by molar-refractivity contribution is 5.23. The summed E-state index contributed by atoms with van der Waals surface area (Å²) in [5, 5.41) is 3.63. The van der Waals surface area contributed by atoms with Crippen LogP contribution in [0.5, 0.6) is 0 Å². The first-order chi connectivity index (χ1) is 10.7. The van der Waals surface area contributed by atoms with E-state index in [2.05, 4.69) is 59.2 Å². The van der Waals surface area contributed by atoms with Crippen molar-refractivity contribution in [3.63, 3.8) is 0 Å². The van der Waals surface area contributed by atoms with E-state index in [4.69, 9.17) is 0 Å². The normalized spacial score (nSPS) is 29.3. The van der Waals surface area contributed by atoms with E-state index in [9.17, 15) is 0 Å². The van der Waals surface area contributed by atoms with Crippen LogP contribution in [0.3, 0.4) is 0 Å². The van der Waals surface area contributed by atoms with Gasteiger partial charge in [-0.2, -0.15) is 0 Å². The summed E-state index contributed by atoms with van der Waals surface area (Å²) in [7, 11) is 0. The molecule has 0 saturated carbocycles. The number of nitrogens with one attached hydrogen (secondary N) is 3. The Kier molecular flexibility index (Phi) is 5.47. The maximum Gasteiger partial charge on any atom is 0.0240 e. The Morgan fingerprint density at radius 1 is 1.09 bits per heavy atom. The molecule has 0 amide bonds. The highest BCUT2D eigenvalue weighted by Crippen LogP contribution is 2.15. The summed E-state index contributed by atoms with van der Waals surface area (Å²) in [6.07, 6.45) is 2.72. The Balaban J connectivity index is 1.47. The molecule has 0 aliphatic carbocycles. The molecule has 4 nitrogen and oxygen atoms in total. The number of likely N-dealkylation sites (tertiary alicyclic amines) is 1. The molecule has 2 aliphatic heterocycles. The van der Waals surface area contributed by atoms with Crippen LogP contribution in [0.4, 0.5) is 0 Å². The Hall–Kier alpha value is -0.940. The Labute approximate surface area is 134 Å². The molecule has 1 aromatic rings. The van der Waals surface area contributed by atoms with Crippen molar-refractivity contribution in [1.82, 2.24) is 21.1 Å². The summed E-state index contributed by atoms with van der Waals surface area (Å²) in [5.74, 6) is 0.646. The van der Waals surface area contributed by atoms with Crippen LogP contribution in [-0.4, -0.2) is 36.6 Å². The summed E-state index contributed by atoms with van der Waals surface area (Å²) in [6, 6.07) is 10.1. The lowest BCUT2D eigenvalue weighted by atomic mass is 9.96. The van der Waals surface area contributed by atoms with E-state index in [1.165, 1.54) is 37.1 Å². The van der Waals surface area contributed by atoms with Gasteiger partial charge in [0, 0.05) is 37.6 Å². The second kappa shape index (κ2) is 7.55. The minimum absolute atomic E-state index is 0.531. The Bertz CT molecular complexity index is 460. The van der Waals surface area contributed by atoms with E-state index < -0.39 is 0 Å². The molecule has 2 aliphatic rings. The number of rotatable bonds is 6. The van der Waals surface area contributed by atoms with Crippen molar-refractivity contribution >= 4 is 0 Å². The van der Waals surface area contributed by atoms with Crippen LogP contribution in [0.2, 0.25) is 0 Å². The van der Waals surface area contributed by atoms with Gasteiger partial charge in [0.05, 0.1) is 0 Å². The second-order valence-electron chi connectivity index (χ2n) is 6.96. The van der Waals surface area contributed by atoms with E-state index in [1.807, 2.05) is 0 Å². The fourth-order valence-corrected chi connectivity index (χ4v) is 3.68. The van der Waals surface area contributed by atoms with E-state index in [1.54, 1.807) is 0 Å². The lowest BCUT2D eigenvalue weighted by Gasteiger charge is -2.19. The zero-order valence-corrected chi connectivity index (χ0v) is 13.9. The van der Waals surface area contributed by atoms with Crippen LogP contribution in [0.1, 0.15) is 37.8 Å². The summed E-state index contributed by atoms with van der Waals surface area (Å²) < 4.78 is 0. The fourth-order valence-electron chi connectivity index (χ4n) is 3.68. The molecule has 2 atom stereocenters. The van der Waals surface area contributed by atoms with Crippen molar-refractivity contribution in [2.75, 3.05) is 19.6 Å². The van der Waals surface area contributed by atoms with Crippen LogP contribution in [0.25, 0.3) is 0 Å². The van der Waals surface area contributed by atoms with Gasteiger partial charge in [-0.15, -0.1) is 0 Å². The molecular weight excluding hydrogens is 272 g/mol. The number of hydrogen-bond donors (Lipinski definition) is 3. The first kappa shape index (κ1) is 15.9. The van der Waals surface area contributed by atoms with E-state index in [0.717, 1.165) is 19.6 Å². The smallest absolute Gasteiger partial charge is 0.0240 e. The van der Waals surface area contributed by atoms with Gasteiger partial charge in [-0.3, -0.25) is 15.8 Å². The third-order valence-electron chi connectivity index (χ3n) is 5.13. The van der Waals surface area contributed by atoms with Crippen LogP contribution in [0.15, 0.2) is 24.3 Å². The predicted molar refractivity (Wildman–Crippen MR) is 91.3 cm³/mol. The molecule has 0 aromatic heterocycles. The van der Waals surface area contributed by atoms with Crippen LogP contribution in [0, 0.1) is 5.92 Å². The molecule has 0 bridgehead atoms. The molecule has 122 valence electrons. The maximum absolute atomic E-state index is 3.63. The van der Waals surface area contributed by atoms with Crippen LogP contribution >= 0.6 is 0 Å². The number of benzene rings is 1. The molecule has 0 radical (unpaired) electrons. The minimum atomic E-state index is 0.531. The average molecular weight is 302 g/mol. The number of hydrazine groups is 1. The Morgan fingerprint density at radius 3 is 2.50 bits per heavy atom. The van der Waals surface area contributed by atoms with Crippen LogP contribution < -0.4 is 16.2 Å². The SMILES string of the molecule is CC1NNC(C)C1CNCc1cccc(CN2CCCC2)c1. The van der Waals surface area contributed by atoms with Gasteiger partial charge >= 0.3 is 0 Å². The minimum Gasteiger partial charge on any atom is -0.312 e. The zero-order chi connectivity index (χ0) is 15.4. The van der Waals surface area contributed by atoms with Crippen molar-refractivity contribution in [3.05, 3.63) is 35.4 Å². The first-order valence-electron chi connectivity index (χ1n) is 8.74. The molecule has 2 fully saturated rings. The van der Waals surface area contributed by atoms with Gasteiger partial charge in [0.1, 0.15) is 0 Å². The van der Waals surface area contributed by atoms with Gasteiger partial charge in [-0.1, -0.05) is 24.3 Å². The summed E-state index contributed by atoms with van der Waals surface area (Å²) >= 11 is 0. The van der Waals surface area contributed by atoms with Gasteiger partial charge in [-0.25, -0.2) is 0 Å². The first-order valence-corrected chi connectivity index (χ1v) is 8.74. The van der Waals surface area contributed by atoms with E-state index >= 15 is 0 Å². The van der Waals surface area contributed by atoms with Gasteiger partial charge in [0.15, 0.2) is 0 Å². The summed E-state index contributed by atoms with van der Waals surface area (Å²) in [5.41, 5.74) is 9.49. The molecular formula is C18H30N4. The quantitative estimate of drug-likeness (QED) is 0.750. The van der Waals surface area contributed by atoms with Gasteiger partial charge in [0.2, 0.25) is 0 Å². The summed E-state index contributed by atoms with van der Waals surface area (Å²) in [6.45, 7) is 10.2. The van der Waals surface area contributed by atoms with Crippen molar-refractivity contribution < 1.29 is 0 Å². The van der Waals surface area contributed by atoms with Crippen molar-refractivity contribution in [2.24, 2.45) is 5.92 Å². The highest BCUT2D eigenvalue weighted by atomic mass is 15.4. The Morgan fingerprint density at radius 2 is 1.77 bits per heavy atom. The molecule has 4 heteroatoms. The molecule has 2 unspecified atom stereocenters. The molecule has 22 heavy (non-hydrogen) atoms. The van der Waals surface area contributed by atoms with Crippen molar-refractivity contribution in [3.8, 4) is 0 Å². The molecule has 0 spiro atoms. The average Bonchev–Trinajstić information content (AvgIpc) is 3.12. The number of nitrogens with zero attached hydrogens (tertiary/aromatic N) is 1. The standard InChI is InChI=1S/C18H30N4/c1-14-18(15(2)21-20-14)12-19-11-16-6-5-7-17(10-16)13-22-8-3-4-9-22/h5-7,10,14-15,18-21H,3-4,8-9,11-13H2,1-2H3. The molecule has 3 N–H and O–H groups in total. The molecule has 3 rings (SSSR count). The lowest BCUT2D eigenvalue weighted by molar-refractivity contribution is 0.331. The van der Waals surface area contributed by atoms with E-state index in [-0.39, 0.29) is 0 Å². The highest BCUT2D eigenvalue weighted by Gasteiger charge is 2.28. The summed E-state index contributed by atoms with van der Waals surface area (Å²) in [4.78, 5) is 2.56. The molecule has 1 aromatic carbocycles. The topological polar surface area (TPSA) is 39.3 Å². The molecule has 2 saturated heterocycles. The third kappa shape index (κ3) is 4.07. The van der Waals surface area contributed by atoms with E-state index in [0.29, 0.717) is 18.0 Å². The lowest BCUT2D eigenvalue weighted by Crippen LogP contribution is -2.33. The monoisotopic (exact) mass is 302 g/mol.